The lowest BCUT2D eigenvalue weighted by Gasteiger charge is -2.19. The molecule has 0 fully saturated rings. The van der Waals surface area contributed by atoms with Crippen LogP contribution in [-0.2, 0) is 11.2 Å². The van der Waals surface area contributed by atoms with E-state index in [-0.39, 0.29) is 12.1 Å². The van der Waals surface area contributed by atoms with Crippen molar-refractivity contribution in [3.8, 4) is 0 Å². The van der Waals surface area contributed by atoms with Gasteiger partial charge in [-0.05, 0) is 42.7 Å². The summed E-state index contributed by atoms with van der Waals surface area (Å²) >= 11 is 0. The molecule has 2 unspecified atom stereocenters. The van der Waals surface area contributed by atoms with E-state index in [1.165, 1.54) is 5.56 Å². The summed E-state index contributed by atoms with van der Waals surface area (Å²) < 4.78 is 5.84. The number of nitrogens with two attached hydrogens (primary N) is 1. The van der Waals surface area contributed by atoms with Crippen LogP contribution in [0.25, 0.3) is 0 Å². The normalized spacial score (nSPS) is 14.8. The summed E-state index contributed by atoms with van der Waals surface area (Å²) in [6.07, 6.45) is 2.48. The molecule has 0 saturated carbocycles. The van der Waals surface area contributed by atoms with Gasteiger partial charge in [-0.25, -0.2) is 0 Å². The highest BCUT2D eigenvalue weighted by atomic mass is 16.5. The third-order valence-corrected chi connectivity index (χ3v) is 3.42. The van der Waals surface area contributed by atoms with E-state index >= 15 is 0 Å². The van der Waals surface area contributed by atoms with E-state index in [0.29, 0.717) is 18.4 Å². The van der Waals surface area contributed by atoms with Gasteiger partial charge >= 0.3 is 0 Å². The SMILES string of the molecule is CC(C)Cc1ccc(C(N)COC(C)CC(C)C)cc1. The van der Waals surface area contributed by atoms with E-state index in [2.05, 4.69) is 58.9 Å². The number of rotatable bonds is 8. The van der Waals surface area contributed by atoms with Crippen LogP contribution in [0.4, 0.5) is 0 Å². The summed E-state index contributed by atoms with van der Waals surface area (Å²) in [6.45, 7) is 11.6. The van der Waals surface area contributed by atoms with Crippen LogP contribution < -0.4 is 5.73 Å². The van der Waals surface area contributed by atoms with Crippen molar-refractivity contribution in [1.82, 2.24) is 0 Å². The molecule has 1 rings (SSSR count). The average Bonchev–Trinajstić information content (AvgIpc) is 2.35. The fourth-order valence-electron chi connectivity index (χ4n) is 2.47. The summed E-state index contributed by atoms with van der Waals surface area (Å²) in [5, 5.41) is 0. The molecule has 0 aliphatic heterocycles. The topological polar surface area (TPSA) is 35.2 Å². The summed E-state index contributed by atoms with van der Waals surface area (Å²) in [5.41, 5.74) is 8.74. The van der Waals surface area contributed by atoms with Gasteiger partial charge in [0.15, 0.2) is 0 Å². The minimum absolute atomic E-state index is 0.0299. The molecule has 0 aromatic heterocycles. The molecule has 20 heavy (non-hydrogen) atoms. The molecule has 0 saturated heterocycles. The minimum atomic E-state index is -0.0299. The highest BCUT2D eigenvalue weighted by molar-refractivity contribution is 5.25. The van der Waals surface area contributed by atoms with Crippen molar-refractivity contribution in [2.24, 2.45) is 17.6 Å². The van der Waals surface area contributed by atoms with Gasteiger partial charge in [0.2, 0.25) is 0 Å². The highest BCUT2D eigenvalue weighted by Gasteiger charge is 2.10. The van der Waals surface area contributed by atoms with Crippen LogP contribution in [0.1, 0.15) is 58.2 Å². The van der Waals surface area contributed by atoms with Gasteiger partial charge in [0.1, 0.15) is 0 Å². The maximum atomic E-state index is 6.20. The molecule has 2 atom stereocenters. The Morgan fingerprint density at radius 2 is 1.55 bits per heavy atom. The molecular formula is C18H31NO. The summed E-state index contributed by atoms with van der Waals surface area (Å²) in [6, 6.07) is 8.62. The van der Waals surface area contributed by atoms with Gasteiger partial charge in [-0.1, -0.05) is 52.0 Å². The van der Waals surface area contributed by atoms with Gasteiger partial charge in [0.25, 0.3) is 0 Å². The standard InChI is InChI=1S/C18H31NO/c1-13(2)10-15(5)20-12-18(19)17-8-6-16(7-9-17)11-14(3)4/h6-9,13-15,18H,10-12,19H2,1-5H3. The number of hydrogen-bond acceptors (Lipinski definition) is 2. The van der Waals surface area contributed by atoms with Gasteiger partial charge in [-0.3, -0.25) is 0 Å². The maximum Gasteiger partial charge on any atom is 0.0662 e. The first-order chi connectivity index (χ1) is 9.38. The van der Waals surface area contributed by atoms with Crippen molar-refractivity contribution in [3.05, 3.63) is 35.4 Å². The van der Waals surface area contributed by atoms with Crippen molar-refractivity contribution in [2.75, 3.05) is 6.61 Å². The minimum Gasteiger partial charge on any atom is -0.377 e. The number of benzene rings is 1. The van der Waals surface area contributed by atoms with Gasteiger partial charge in [0.05, 0.1) is 18.8 Å². The monoisotopic (exact) mass is 277 g/mol. The molecular weight excluding hydrogens is 246 g/mol. The summed E-state index contributed by atoms with van der Waals surface area (Å²) in [4.78, 5) is 0. The molecule has 2 N–H and O–H groups in total. The molecule has 2 nitrogen and oxygen atoms in total. The zero-order valence-electron chi connectivity index (χ0n) is 13.7. The van der Waals surface area contributed by atoms with E-state index in [0.717, 1.165) is 18.4 Å². The largest absolute Gasteiger partial charge is 0.377 e. The highest BCUT2D eigenvalue weighted by Crippen LogP contribution is 2.16. The fraction of sp³-hybridized carbons (Fsp3) is 0.667. The average molecular weight is 277 g/mol. The molecule has 0 amide bonds. The lowest BCUT2D eigenvalue weighted by molar-refractivity contribution is 0.0430. The molecule has 0 bridgehead atoms. The Hall–Kier alpha value is -0.860. The van der Waals surface area contributed by atoms with Crippen LogP contribution >= 0.6 is 0 Å². The molecule has 0 radical (unpaired) electrons. The molecule has 0 aliphatic rings. The van der Waals surface area contributed by atoms with E-state index in [9.17, 15) is 0 Å². The molecule has 0 spiro atoms. The predicted molar refractivity (Wildman–Crippen MR) is 86.8 cm³/mol. The van der Waals surface area contributed by atoms with Crippen LogP contribution in [0.2, 0.25) is 0 Å². The smallest absolute Gasteiger partial charge is 0.0662 e. The Bertz CT molecular complexity index is 370. The molecule has 0 aliphatic carbocycles. The zero-order chi connectivity index (χ0) is 15.1. The molecule has 114 valence electrons. The van der Waals surface area contributed by atoms with Crippen molar-refractivity contribution in [1.29, 1.82) is 0 Å². The summed E-state index contributed by atoms with van der Waals surface area (Å²) in [5.74, 6) is 1.35. The third-order valence-electron chi connectivity index (χ3n) is 3.42. The number of hydrogen-bond donors (Lipinski definition) is 1. The van der Waals surface area contributed by atoms with Crippen LogP contribution in [0.5, 0.6) is 0 Å². The second kappa shape index (κ2) is 8.43. The lowest BCUT2D eigenvalue weighted by atomic mass is 10.00. The zero-order valence-corrected chi connectivity index (χ0v) is 13.7. The molecule has 1 aromatic rings. The Morgan fingerprint density at radius 3 is 2.05 bits per heavy atom. The van der Waals surface area contributed by atoms with Crippen molar-refractivity contribution < 1.29 is 4.74 Å². The maximum absolute atomic E-state index is 6.20. The molecule has 1 aromatic carbocycles. The third kappa shape index (κ3) is 6.53. The van der Waals surface area contributed by atoms with Crippen molar-refractivity contribution in [3.63, 3.8) is 0 Å². The predicted octanol–water partition coefficient (Wildman–Crippen LogP) is 4.34. The van der Waals surface area contributed by atoms with Crippen LogP contribution in [0.15, 0.2) is 24.3 Å². The first kappa shape index (κ1) is 17.2. The quantitative estimate of drug-likeness (QED) is 0.767. The second-order valence-electron chi connectivity index (χ2n) is 6.72. The van der Waals surface area contributed by atoms with Crippen molar-refractivity contribution >= 4 is 0 Å². The van der Waals surface area contributed by atoms with Crippen LogP contribution in [-0.4, -0.2) is 12.7 Å². The van der Waals surface area contributed by atoms with Gasteiger partial charge in [-0.15, -0.1) is 0 Å². The van der Waals surface area contributed by atoms with E-state index < -0.39 is 0 Å². The lowest BCUT2D eigenvalue weighted by Crippen LogP contribution is -2.21. The summed E-state index contributed by atoms with van der Waals surface area (Å²) in [7, 11) is 0. The van der Waals surface area contributed by atoms with E-state index in [1.54, 1.807) is 0 Å². The Balaban J connectivity index is 2.45. The van der Waals surface area contributed by atoms with Gasteiger partial charge in [-0.2, -0.15) is 0 Å². The Kier molecular flexibility index (Phi) is 7.25. The van der Waals surface area contributed by atoms with E-state index in [4.69, 9.17) is 10.5 Å². The molecule has 0 heterocycles. The fourth-order valence-corrected chi connectivity index (χ4v) is 2.47. The number of ether oxygens (including phenoxy) is 1. The van der Waals surface area contributed by atoms with Gasteiger partial charge in [0, 0.05) is 0 Å². The van der Waals surface area contributed by atoms with Gasteiger partial charge < -0.3 is 10.5 Å². The van der Waals surface area contributed by atoms with E-state index in [1.807, 2.05) is 0 Å². The van der Waals surface area contributed by atoms with Crippen LogP contribution in [0.3, 0.4) is 0 Å². The Labute approximate surface area is 124 Å². The second-order valence-corrected chi connectivity index (χ2v) is 6.72. The first-order valence-corrected chi connectivity index (χ1v) is 7.84. The molecule has 2 heteroatoms. The first-order valence-electron chi connectivity index (χ1n) is 7.84. The Morgan fingerprint density at radius 1 is 0.950 bits per heavy atom. The van der Waals surface area contributed by atoms with Crippen molar-refractivity contribution in [2.45, 2.75) is 59.6 Å². The van der Waals surface area contributed by atoms with Crippen LogP contribution in [0, 0.1) is 11.8 Å².